The van der Waals surface area contributed by atoms with E-state index in [4.69, 9.17) is 16.3 Å². The molecule has 0 aliphatic rings. The van der Waals surface area contributed by atoms with Crippen LogP contribution in [0.25, 0.3) is 5.69 Å². The van der Waals surface area contributed by atoms with E-state index >= 15 is 0 Å². The molecule has 1 aromatic heterocycles. The average molecular weight is 238 g/mol. The van der Waals surface area contributed by atoms with Crippen LogP contribution in [0.2, 0.25) is 5.28 Å². The van der Waals surface area contributed by atoms with Gasteiger partial charge in [-0.3, -0.25) is 4.57 Å². The molecule has 4 nitrogen and oxygen atoms in total. The Morgan fingerprint density at radius 3 is 2.75 bits per heavy atom. The summed E-state index contributed by atoms with van der Waals surface area (Å²) in [6.45, 7) is 2.01. The van der Waals surface area contributed by atoms with Crippen molar-refractivity contribution in [2.45, 2.75) is 13.3 Å². The lowest BCUT2D eigenvalue weighted by molar-refractivity contribution is 0.412. The maximum Gasteiger partial charge on any atom is 0.229 e. The van der Waals surface area contributed by atoms with Gasteiger partial charge < -0.3 is 4.74 Å². The Kier molecular flexibility index (Phi) is 3.10. The van der Waals surface area contributed by atoms with Crippen LogP contribution in [0.4, 0.5) is 0 Å². The van der Waals surface area contributed by atoms with Gasteiger partial charge in [0.25, 0.3) is 0 Å². The lowest BCUT2D eigenvalue weighted by Crippen LogP contribution is -2.02. The quantitative estimate of drug-likeness (QED) is 0.824. The van der Waals surface area contributed by atoms with Crippen molar-refractivity contribution >= 4 is 11.6 Å². The largest absolute Gasteiger partial charge is 0.495 e. The van der Waals surface area contributed by atoms with Gasteiger partial charge in [0.1, 0.15) is 11.6 Å². The molecule has 0 spiro atoms. The van der Waals surface area contributed by atoms with Gasteiger partial charge in [-0.1, -0.05) is 19.1 Å². The van der Waals surface area contributed by atoms with Gasteiger partial charge in [-0.15, -0.1) is 10.2 Å². The van der Waals surface area contributed by atoms with E-state index in [-0.39, 0.29) is 0 Å². The van der Waals surface area contributed by atoms with Crippen LogP contribution in [0.15, 0.2) is 24.3 Å². The zero-order valence-electron chi connectivity index (χ0n) is 9.14. The normalized spacial score (nSPS) is 10.4. The van der Waals surface area contributed by atoms with Crippen molar-refractivity contribution in [1.29, 1.82) is 0 Å². The molecule has 0 bridgehead atoms. The van der Waals surface area contributed by atoms with Crippen molar-refractivity contribution in [2.75, 3.05) is 7.11 Å². The molecular weight excluding hydrogens is 226 g/mol. The molecular formula is C11H12ClN3O. The fourth-order valence-electron chi connectivity index (χ4n) is 1.58. The van der Waals surface area contributed by atoms with E-state index in [0.717, 1.165) is 23.7 Å². The van der Waals surface area contributed by atoms with Crippen LogP contribution in [0, 0.1) is 0 Å². The standard InChI is InChI=1S/C11H12ClN3O/c1-3-10-13-14-11(12)15(10)8-6-4-5-7-9(8)16-2/h4-7H,3H2,1-2H3. The van der Waals surface area contributed by atoms with E-state index in [1.54, 1.807) is 11.7 Å². The minimum atomic E-state index is 0.348. The molecule has 1 heterocycles. The molecule has 84 valence electrons. The maximum absolute atomic E-state index is 6.02. The summed E-state index contributed by atoms with van der Waals surface area (Å²) in [5.41, 5.74) is 0.858. The summed E-state index contributed by atoms with van der Waals surface area (Å²) < 4.78 is 7.08. The monoisotopic (exact) mass is 237 g/mol. The lowest BCUT2D eigenvalue weighted by atomic mass is 10.3. The molecule has 0 fully saturated rings. The summed E-state index contributed by atoms with van der Waals surface area (Å²) >= 11 is 6.02. The van der Waals surface area contributed by atoms with Gasteiger partial charge in [-0.2, -0.15) is 0 Å². The summed E-state index contributed by atoms with van der Waals surface area (Å²) in [6.07, 6.45) is 0.762. The summed E-state index contributed by atoms with van der Waals surface area (Å²) in [4.78, 5) is 0. The molecule has 0 saturated heterocycles. The second-order valence-corrected chi connectivity index (χ2v) is 3.58. The molecule has 0 radical (unpaired) electrons. The van der Waals surface area contributed by atoms with Gasteiger partial charge in [0.05, 0.1) is 12.8 Å². The highest BCUT2D eigenvalue weighted by Crippen LogP contribution is 2.26. The minimum Gasteiger partial charge on any atom is -0.495 e. The number of nitrogens with zero attached hydrogens (tertiary/aromatic N) is 3. The second kappa shape index (κ2) is 4.53. The third-order valence-corrected chi connectivity index (χ3v) is 2.58. The van der Waals surface area contributed by atoms with Crippen LogP contribution in [0.5, 0.6) is 5.75 Å². The van der Waals surface area contributed by atoms with Crippen molar-refractivity contribution < 1.29 is 4.74 Å². The number of hydrogen-bond acceptors (Lipinski definition) is 3. The SMILES string of the molecule is CCc1nnc(Cl)n1-c1ccccc1OC. The summed E-state index contributed by atoms with van der Waals surface area (Å²) in [5, 5.41) is 8.22. The van der Waals surface area contributed by atoms with E-state index in [1.807, 2.05) is 31.2 Å². The fraction of sp³-hybridized carbons (Fsp3) is 0.273. The first-order valence-electron chi connectivity index (χ1n) is 5.01. The summed E-state index contributed by atoms with van der Waals surface area (Å²) in [6, 6.07) is 7.64. The average Bonchev–Trinajstić information content (AvgIpc) is 2.70. The topological polar surface area (TPSA) is 39.9 Å². The van der Waals surface area contributed by atoms with Gasteiger partial charge in [-0.05, 0) is 23.7 Å². The number of methoxy groups -OCH3 is 1. The van der Waals surface area contributed by atoms with Crippen molar-refractivity contribution in [3.63, 3.8) is 0 Å². The maximum atomic E-state index is 6.02. The number of halogens is 1. The van der Waals surface area contributed by atoms with Gasteiger partial charge >= 0.3 is 0 Å². The van der Waals surface area contributed by atoms with Crippen LogP contribution >= 0.6 is 11.6 Å². The highest BCUT2D eigenvalue weighted by Gasteiger charge is 2.13. The first kappa shape index (κ1) is 11.0. The molecule has 5 heteroatoms. The van der Waals surface area contributed by atoms with E-state index in [9.17, 15) is 0 Å². The summed E-state index contributed by atoms with van der Waals surface area (Å²) in [5.74, 6) is 1.56. The zero-order chi connectivity index (χ0) is 11.5. The van der Waals surface area contributed by atoms with Crippen LogP contribution in [0.1, 0.15) is 12.7 Å². The zero-order valence-corrected chi connectivity index (χ0v) is 9.90. The molecule has 0 aliphatic carbocycles. The molecule has 16 heavy (non-hydrogen) atoms. The highest BCUT2D eigenvalue weighted by molar-refractivity contribution is 6.28. The predicted molar refractivity (Wildman–Crippen MR) is 62.3 cm³/mol. The fourth-order valence-corrected chi connectivity index (χ4v) is 1.80. The van der Waals surface area contributed by atoms with Crippen molar-refractivity contribution in [1.82, 2.24) is 14.8 Å². The van der Waals surface area contributed by atoms with E-state index in [0.29, 0.717) is 5.28 Å². The molecule has 0 aliphatic heterocycles. The van der Waals surface area contributed by atoms with Crippen LogP contribution in [0.3, 0.4) is 0 Å². The Labute approximate surface area is 98.8 Å². The third-order valence-electron chi connectivity index (χ3n) is 2.33. The van der Waals surface area contributed by atoms with E-state index in [1.165, 1.54) is 0 Å². The molecule has 0 unspecified atom stereocenters. The number of rotatable bonds is 3. The van der Waals surface area contributed by atoms with E-state index in [2.05, 4.69) is 10.2 Å². The molecule has 2 rings (SSSR count). The molecule has 2 aromatic rings. The molecule has 1 aromatic carbocycles. The number of aryl methyl sites for hydroxylation is 1. The highest BCUT2D eigenvalue weighted by atomic mass is 35.5. The predicted octanol–water partition coefficient (Wildman–Crippen LogP) is 2.49. The van der Waals surface area contributed by atoms with Gasteiger partial charge in [0, 0.05) is 6.42 Å². The molecule has 0 saturated carbocycles. The number of benzene rings is 1. The van der Waals surface area contributed by atoms with Crippen LogP contribution in [-0.2, 0) is 6.42 Å². The first-order chi connectivity index (χ1) is 7.77. The lowest BCUT2D eigenvalue weighted by Gasteiger charge is -2.10. The first-order valence-corrected chi connectivity index (χ1v) is 5.39. The van der Waals surface area contributed by atoms with Crippen LogP contribution in [-0.4, -0.2) is 21.9 Å². The Balaban J connectivity index is 2.61. The van der Waals surface area contributed by atoms with Crippen molar-refractivity contribution in [3.05, 3.63) is 35.4 Å². The van der Waals surface area contributed by atoms with Gasteiger partial charge in [0.2, 0.25) is 5.28 Å². The van der Waals surface area contributed by atoms with Crippen molar-refractivity contribution in [2.24, 2.45) is 0 Å². The molecule has 0 atom stereocenters. The Morgan fingerprint density at radius 1 is 1.31 bits per heavy atom. The van der Waals surface area contributed by atoms with Gasteiger partial charge in [-0.25, -0.2) is 0 Å². The molecule has 0 amide bonds. The Hall–Kier alpha value is -1.55. The summed E-state index contributed by atoms with van der Waals surface area (Å²) in [7, 11) is 1.63. The minimum absolute atomic E-state index is 0.348. The number of aromatic nitrogens is 3. The number of hydrogen-bond donors (Lipinski definition) is 0. The van der Waals surface area contributed by atoms with Gasteiger partial charge in [0.15, 0.2) is 0 Å². The number of ether oxygens (including phenoxy) is 1. The second-order valence-electron chi connectivity index (χ2n) is 3.25. The van der Waals surface area contributed by atoms with E-state index < -0.39 is 0 Å². The number of para-hydroxylation sites is 2. The Bertz CT molecular complexity index is 496. The van der Waals surface area contributed by atoms with Crippen LogP contribution < -0.4 is 4.74 Å². The Morgan fingerprint density at radius 2 is 2.06 bits per heavy atom. The van der Waals surface area contributed by atoms with Crippen molar-refractivity contribution in [3.8, 4) is 11.4 Å². The smallest absolute Gasteiger partial charge is 0.229 e. The third kappa shape index (κ3) is 1.76. The molecule has 0 N–H and O–H groups in total.